The number of carbonyl (C=O) groups is 1. The van der Waals surface area contributed by atoms with Gasteiger partial charge in [-0.05, 0) is 42.9 Å². The number of carbonyl (C=O) groups excluding carboxylic acids is 1. The zero-order valence-corrected chi connectivity index (χ0v) is 13.2. The van der Waals surface area contributed by atoms with Crippen LogP contribution in [0.2, 0.25) is 0 Å². The first-order valence-corrected chi connectivity index (χ1v) is 7.98. The Labute approximate surface area is 130 Å². The van der Waals surface area contributed by atoms with Gasteiger partial charge in [0.2, 0.25) is 0 Å². The molecule has 0 atom stereocenters. The Kier molecular flexibility index (Phi) is 4.22. The SMILES string of the molecule is CCc1ccc(-n2cc(C(=O)N3CCC(C)CC3)nn2)cc1. The second-order valence-electron chi connectivity index (χ2n) is 6.04. The normalized spacial score (nSPS) is 16.0. The lowest BCUT2D eigenvalue weighted by Crippen LogP contribution is -2.38. The van der Waals surface area contributed by atoms with E-state index in [2.05, 4.69) is 36.3 Å². The summed E-state index contributed by atoms with van der Waals surface area (Å²) in [7, 11) is 0. The molecular weight excluding hydrogens is 276 g/mol. The average Bonchev–Trinajstić information content (AvgIpc) is 3.05. The minimum Gasteiger partial charge on any atom is -0.337 e. The van der Waals surface area contributed by atoms with Crippen LogP contribution in [-0.2, 0) is 6.42 Å². The molecule has 1 aliphatic heterocycles. The summed E-state index contributed by atoms with van der Waals surface area (Å²) in [5.74, 6) is 0.695. The van der Waals surface area contributed by atoms with Gasteiger partial charge in [0.25, 0.3) is 5.91 Å². The number of hydrogen-bond donors (Lipinski definition) is 0. The highest BCUT2D eigenvalue weighted by Crippen LogP contribution is 2.18. The van der Waals surface area contributed by atoms with Crippen LogP contribution in [-0.4, -0.2) is 38.9 Å². The third kappa shape index (κ3) is 3.03. The quantitative estimate of drug-likeness (QED) is 0.875. The lowest BCUT2D eigenvalue weighted by atomic mass is 9.99. The first-order valence-electron chi connectivity index (χ1n) is 7.98. The van der Waals surface area contributed by atoms with Gasteiger partial charge in [-0.15, -0.1) is 5.10 Å². The molecule has 1 aliphatic rings. The number of nitrogens with zero attached hydrogens (tertiary/aromatic N) is 4. The van der Waals surface area contributed by atoms with Crippen molar-refractivity contribution in [2.24, 2.45) is 5.92 Å². The van der Waals surface area contributed by atoms with Crippen molar-refractivity contribution in [2.45, 2.75) is 33.1 Å². The third-order valence-corrected chi connectivity index (χ3v) is 4.39. The molecule has 1 fully saturated rings. The van der Waals surface area contributed by atoms with E-state index >= 15 is 0 Å². The molecule has 116 valence electrons. The van der Waals surface area contributed by atoms with Crippen molar-refractivity contribution >= 4 is 5.91 Å². The second-order valence-corrected chi connectivity index (χ2v) is 6.04. The Morgan fingerprint density at radius 3 is 2.55 bits per heavy atom. The maximum atomic E-state index is 12.5. The first kappa shape index (κ1) is 14.8. The van der Waals surface area contributed by atoms with Gasteiger partial charge in [0, 0.05) is 13.1 Å². The molecule has 5 heteroatoms. The van der Waals surface area contributed by atoms with Gasteiger partial charge >= 0.3 is 0 Å². The summed E-state index contributed by atoms with van der Waals surface area (Å²) < 4.78 is 1.67. The number of hydrogen-bond acceptors (Lipinski definition) is 3. The molecule has 1 saturated heterocycles. The lowest BCUT2D eigenvalue weighted by molar-refractivity contribution is 0.0691. The average molecular weight is 298 g/mol. The van der Waals surface area contributed by atoms with Gasteiger partial charge in [0.15, 0.2) is 5.69 Å². The van der Waals surface area contributed by atoms with E-state index < -0.39 is 0 Å². The summed E-state index contributed by atoms with van der Waals surface area (Å²) in [6.07, 6.45) is 4.87. The lowest BCUT2D eigenvalue weighted by Gasteiger charge is -2.29. The molecule has 0 radical (unpaired) electrons. The molecule has 5 nitrogen and oxygen atoms in total. The molecule has 0 N–H and O–H groups in total. The fourth-order valence-electron chi connectivity index (χ4n) is 2.75. The number of rotatable bonds is 3. The van der Waals surface area contributed by atoms with Crippen LogP contribution in [0.1, 0.15) is 42.7 Å². The van der Waals surface area contributed by atoms with Crippen molar-refractivity contribution in [1.82, 2.24) is 19.9 Å². The Bertz CT molecular complexity index is 639. The van der Waals surface area contributed by atoms with E-state index in [1.54, 1.807) is 10.9 Å². The number of aryl methyl sites for hydroxylation is 1. The van der Waals surface area contributed by atoms with Gasteiger partial charge in [0.1, 0.15) is 0 Å². The summed E-state index contributed by atoms with van der Waals surface area (Å²) >= 11 is 0. The van der Waals surface area contributed by atoms with Crippen LogP contribution in [0.25, 0.3) is 5.69 Å². The standard InChI is InChI=1S/C17H22N4O/c1-3-14-4-6-15(7-5-14)21-12-16(18-19-21)17(22)20-10-8-13(2)9-11-20/h4-7,12-13H,3,8-11H2,1-2H3. The van der Waals surface area contributed by atoms with E-state index in [0.717, 1.165) is 38.0 Å². The van der Waals surface area contributed by atoms with Crippen molar-refractivity contribution in [2.75, 3.05) is 13.1 Å². The predicted octanol–water partition coefficient (Wildman–Crippen LogP) is 2.70. The molecular formula is C17H22N4O. The highest BCUT2D eigenvalue weighted by Gasteiger charge is 2.23. The van der Waals surface area contributed by atoms with Crippen LogP contribution in [0.15, 0.2) is 30.5 Å². The van der Waals surface area contributed by atoms with E-state index in [0.29, 0.717) is 11.6 Å². The molecule has 0 bridgehead atoms. The number of aromatic nitrogens is 3. The number of benzene rings is 1. The molecule has 2 aromatic rings. The Balaban J connectivity index is 1.73. The van der Waals surface area contributed by atoms with E-state index in [-0.39, 0.29) is 5.91 Å². The second kappa shape index (κ2) is 6.30. The van der Waals surface area contributed by atoms with Gasteiger partial charge in [-0.1, -0.05) is 31.2 Å². The molecule has 0 aliphatic carbocycles. The third-order valence-electron chi connectivity index (χ3n) is 4.39. The van der Waals surface area contributed by atoms with E-state index in [1.807, 2.05) is 17.0 Å². The number of likely N-dealkylation sites (tertiary alicyclic amines) is 1. The van der Waals surface area contributed by atoms with Gasteiger partial charge < -0.3 is 4.90 Å². The Hall–Kier alpha value is -2.17. The van der Waals surface area contributed by atoms with Crippen molar-refractivity contribution in [3.8, 4) is 5.69 Å². The van der Waals surface area contributed by atoms with Crippen LogP contribution in [0, 0.1) is 5.92 Å². The topological polar surface area (TPSA) is 51.0 Å². The molecule has 0 spiro atoms. The van der Waals surface area contributed by atoms with Gasteiger partial charge in [-0.2, -0.15) is 0 Å². The number of amides is 1. The largest absolute Gasteiger partial charge is 0.337 e. The summed E-state index contributed by atoms with van der Waals surface area (Å²) in [6.45, 7) is 5.99. The van der Waals surface area contributed by atoms with Crippen LogP contribution in [0.3, 0.4) is 0 Å². The minimum atomic E-state index is -0.0108. The monoisotopic (exact) mass is 298 g/mol. The smallest absolute Gasteiger partial charge is 0.276 e. The Morgan fingerprint density at radius 1 is 1.23 bits per heavy atom. The van der Waals surface area contributed by atoms with Crippen molar-refractivity contribution < 1.29 is 4.79 Å². The van der Waals surface area contributed by atoms with Gasteiger partial charge in [0.05, 0.1) is 11.9 Å². The summed E-state index contributed by atoms with van der Waals surface area (Å²) in [6, 6.07) is 8.16. The molecule has 0 saturated carbocycles. The van der Waals surface area contributed by atoms with Crippen LogP contribution >= 0.6 is 0 Å². The van der Waals surface area contributed by atoms with Crippen molar-refractivity contribution in [3.05, 3.63) is 41.7 Å². The summed E-state index contributed by atoms with van der Waals surface area (Å²) in [4.78, 5) is 14.3. The summed E-state index contributed by atoms with van der Waals surface area (Å²) in [5.41, 5.74) is 2.63. The van der Waals surface area contributed by atoms with E-state index in [9.17, 15) is 4.79 Å². The van der Waals surface area contributed by atoms with Crippen molar-refractivity contribution in [1.29, 1.82) is 0 Å². The fourth-order valence-corrected chi connectivity index (χ4v) is 2.75. The molecule has 1 amide bonds. The van der Waals surface area contributed by atoms with Crippen LogP contribution < -0.4 is 0 Å². The maximum absolute atomic E-state index is 12.5. The van der Waals surface area contributed by atoms with Crippen molar-refractivity contribution in [3.63, 3.8) is 0 Å². The highest BCUT2D eigenvalue weighted by atomic mass is 16.2. The van der Waals surface area contributed by atoms with Gasteiger partial charge in [-0.3, -0.25) is 4.79 Å². The molecule has 1 aromatic heterocycles. The van der Waals surface area contributed by atoms with E-state index in [1.165, 1.54) is 5.56 Å². The predicted molar refractivity (Wildman–Crippen MR) is 85.0 cm³/mol. The minimum absolute atomic E-state index is 0.0108. The van der Waals surface area contributed by atoms with Crippen LogP contribution in [0.4, 0.5) is 0 Å². The molecule has 2 heterocycles. The number of piperidine rings is 1. The molecule has 22 heavy (non-hydrogen) atoms. The van der Waals surface area contributed by atoms with Crippen LogP contribution in [0.5, 0.6) is 0 Å². The molecule has 3 rings (SSSR count). The highest BCUT2D eigenvalue weighted by molar-refractivity contribution is 5.92. The first-order chi connectivity index (χ1) is 10.7. The molecule has 1 aromatic carbocycles. The van der Waals surface area contributed by atoms with E-state index in [4.69, 9.17) is 0 Å². The van der Waals surface area contributed by atoms with Gasteiger partial charge in [-0.25, -0.2) is 4.68 Å². The zero-order valence-electron chi connectivity index (χ0n) is 13.2. The maximum Gasteiger partial charge on any atom is 0.276 e. The zero-order chi connectivity index (χ0) is 15.5. The summed E-state index contributed by atoms with van der Waals surface area (Å²) in [5, 5.41) is 8.14. The fraction of sp³-hybridized carbons (Fsp3) is 0.471. The Morgan fingerprint density at radius 2 is 1.91 bits per heavy atom. The molecule has 0 unspecified atom stereocenters.